The number of nitrogens with zero attached hydrogens (tertiary/aromatic N) is 1. The lowest BCUT2D eigenvalue weighted by atomic mass is 9.81. The molecule has 1 aliphatic carbocycles. The minimum absolute atomic E-state index is 0.0167. The summed E-state index contributed by atoms with van der Waals surface area (Å²) in [6, 6.07) is 0. The molecule has 6 unspecified atom stereocenters. The highest BCUT2D eigenvalue weighted by molar-refractivity contribution is 6.30. The van der Waals surface area contributed by atoms with E-state index in [9.17, 15) is 10.2 Å². The molecule has 3 aliphatic heterocycles. The fraction of sp³-hybridized carbons (Fsp3) is 1.00. The summed E-state index contributed by atoms with van der Waals surface area (Å²) in [4.78, 5) is 2.13. The predicted octanol–water partition coefficient (Wildman–Crippen LogP) is 0.311. The molecule has 7 nitrogen and oxygen atoms in total. The average Bonchev–Trinajstić information content (AvgIpc) is 3.14. The van der Waals surface area contributed by atoms with E-state index in [4.69, 9.17) is 33.7 Å². The number of aliphatic hydroxyl groups is 2. The van der Waals surface area contributed by atoms with Crippen LogP contribution in [0, 0.1) is 11.8 Å². The van der Waals surface area contributed by atoms with Crippen molar-refractivity contribution in [2.24, 2.45) is 17.6 Å². The Morgan fingerprint density at radius 1 is 1.22 bits per heavy atom. The summed E-state index contributed by atoms with van der Waals surface area (Å²) in [5.74, 6) is 0.608. The number of aliphatic hydroxyl groups excluding tert-OH is 1. The number of nitrogens with one attached hydrogen (secondary N) is 2. The Morgan fingerprint density at radius 2 is 2.00 bits per heavy atom. The third-order valence-corrected chi connectivity index (χ3v) is 8.23. The summed E-state index contributed by atoms with van der Waals surface area (Å²) >= 11 is 12.6. The smallest absolute Gasteiger partial charge is 0.141 e. The van der Waals surface area contributed by atoms with Crippen molar-refractivity contribution in [3.8, 4) is 0 Å². The van der Waals surface area contributed by atoms with E-state index in [1.54, 1.807) is 6.92 Å². The van der Waals surface area contributed by atoms with Gasteiger partial charge in [0.25, 0.3) is 0 Å². The molecule has 4 fully saturated rings. The molecule has 0 aromatic heterocycles. The van der Waals surface area contributed by atoms with Gasteiger partial charge in [-0.3, -0.25) is 15.5 Å². The Bertz CT molecular complexity index is 543. The summed E-state index contributed by atoms with van der Waals surface area (Å²) in [7, 11) is 0. The van der Waals surface area contributed by atoms with Crippen LogP contribution < -0.4 is 16.4 Å². The molecule has 0 aromatic carbocycles. The first-order valence-corrected chi connectivity index (χ1v) is 11.0. The molecule has 1 saturated carbocycles. The van der Waals surface area contributed by atoms with Gasteiger partial charge in [0.15, 0.2) is 0 Å². The standard InChI is InChI=1S/C18H32Cl2N4O3/c1-18(26)13(7-9-2-3-11(19)12(20)6-9)27-17(14(18)25)24-5-4-10-15(21)22-8-23-16(10)24/h9-17,22-23,25-26H,2-8,21H2,1H3/t9?,10?,11?,12?,13-,14+,15?,16?,17-,18-/m1/s1. The summed E-state index contributed by atoms with van der Waals surface area (Å²) in [6.45, 7) is 3.09. The monoisotopic (exact) mass is 422 g/mol. The van der Waals surface area contributed by atoms with Crippen LogP contribution in [0.4, 0.5) is 0 Å². The lowest BCUT2D eigenvalue weighted by Gasteiger charge is -2.39. The lowest BCUT2D eigenvalue weighted by molar-refractivity contribution is -0.109. The van der Waals surface area contributed by atoms with Crippen LogP contribution in [0.1, 0.15) is 39.0 Å². The van der Waals surface area contributed by atoms with E-state index in [0.717, 1.165) is 32.2 Å². The van der Waals surface area contributed by atoms with Gasteiger partial charge in [-0.05, 0) is 44.9 Å². The Morgan fingerprint density at radius 3 is 2.74 bits per heavy atom. The molecule has 4 aliphatic rings. The SMILES string of the molecule is C[C@@]1(O)[C@@H](CC2CCC(Cl)C(Cl)C2)O[C@@H](N2CCC3C(N)NCNC32)[C@@H]1O. The minimum Gasteiger partial charge on any atom is -0.386 e. The molecule has 10 atom stereocenters. The number of hydrogen-bond donors (Lipinski definition) is 5. The fourth-order valence-electron chi connectivity index (χ4n) is 5.29. The molecule has 0 radical (unpaired) electrons. The maximum absolute atomic E-state index is 11.0. The predicted molar refractivity (Wildman–Crippen MR) is 104 cm³/mol. The van der Waals surface area contributed by atoms with Crippen molar-refractivity contribution in [2.75, 3.05) is 13.2 Å². The maximum atomic E-state index is 11.0. The van der Waals surface area contributed by atoms with E-state index in [0.29, 0.717) is 19.0 Å². The van der Waals surface area contributed by atoms with Gasteiger partial charge in [0.05, 0.1) is 23.8 Å². The Hall–Kier alpha value is 0.300. The summed E-state index contributed by atoms with van der Waals surface area (Å²) in [5.41, 5.74) is 4.90. The van der Waals surface area contributed by atoms with Crippen molar-refractivity contribution < 1.29 is 14.9 Å². The van der Waals surface area contributed by atoms with E-state index < -0.39 is 24.0 Å². The van der Waals surface area contributed by atoms with Crippen LogP contribution in [0.5, 0.6) is 0 Å². The van der Waals surface area contributed by atoms with Crippen LogP contribution in [0.15, 0.2) is 0 Å². The van der Waals surface area contributed by atoms with Gasteiger partial charge in [0.2, 0.25) is 0 Å². The molecule has 0 bridgehead atoms. The van der Waals surface area contributed by atoms with E-state index in [-0.39, 0.29) is 29.0 Å². The molecule has 27 heavy (non-hydrogen) atoms. The maximum Gasteiger partial charge on any atom is 0.141 e. The zero-order valence-electron chi connectivity index (χ0n) is 15.7. The Balaban J connectivity index is 1.44. The van der Waals surface area contributed by atoms with Gasteiger partial charge in [-0.25, -0.2) is 0 Å². The molecule has 4 rings (SSSR count). The highest BCUT2D eigenvalue weighted by Gasteiger charge is 2.57. The van der Waals surface area contributed by atoms with Crippen molar-refractivity contribution in [1.82, 2.24) is 15.5 Å². The minimum atomic E-state index is -1.29. The number of rotatable bonds is 3. The molecule has 3 heterocycles. The molecular weight excluding hydrogens is 391 g/mol. The normalized spacial score (nSPS) is 54.2. The molecule has 0 spiro atoms. The molecule has 6 N–H and O–H groups in total. The van der Waals surface area contributed by atoms with Crippen molar-refractivity contribution >= 4 is 23.2 Å². The molecule has 156 valence electrons. The van der Waals surface area contributed by atoms with Crippen molar-refractivity contribution in [1.29, 1.82) is 0 Å². The van der Waals surface area contributed by atoms with Gasteiger partial charge in [-0.15, -0.1) is 23.2 Å². The van der Waals surface area contributed by atoms with Crippen molar-refractivity contribution in [3.05, 3.63) is 0 Å². The van der Waals surface area contributed by atoms with E-state index in [1.165, 1.54) is 0 Å². The summed E-state index contributed by atoms with van der Waals surface area (Å²) in [5, 5.41) is 28.5. The van der Waals surface area contributed by atoms with E-state index in [2.05, 4.69) is 15.5 Å². The van der Waals surface area contributed by atoms with Crippen LogP contribution in [0.2, 0.25) is 0 Å². The molecule has 0 amide bonds. The number of nitrogens with two attached hydrogens (primary N) is 1. The molecule has 0 aromatic rings. The largest absolute Gasteiger partial charge is 0.386 e. The Labute approximate surface area is 170 Å². The van der Waals surface area contributed by atoms with E-state index >= 15 is 0 Å². The molecule has 9 heteroatoms. The van der Waals surface area contributed by atoms with Gasteiger partial charge in [0.1, 0.15) is 17.9 Å². The topological polar surface area (TPSA) is 103 Å². The van der Waals surface area contributed by atoms with Gasteiger partial charge < -0.3 is 20.7 Å². The number of ether oxygens (including phenoxy) is 1. The zero-order valence-corrected chi connectivity index (χ0v) is 17.2. The first kappa shape index (κ1) is 20.6. The van der Waals surface area contributed by atoms with Crippen LogP contribution >= 0.6 is 23.2 Å². The average molecular weight is 423 g/mol. The van der Waals surface area contributed by atoms with Crippen LogP contribution in [-0.4, -0.2) is 75.4 Å². The van der Waals surface area contributed by atoms with Crippen LogP contribution in [0.25, 0.3) is 0 Å². The number of halogens is 2. The second kappa shape index (κ2) is 7.85. The number of fused-ring (bicyclic) bond motifs is 1. The number of hydrogen-bond acceptors (Lipinski definition) is 7. The first-order valence-electron chi connectivity index (χ1n) is 10.1. The number of likely N-dealkylation sites (tertiary alicyclic amines) is 1. The van der Waals surface area contributed by atoms with E-state index in [1.807, 2.05) is 0 Å². The van der Waals surface area contributed by atoms with Crippen LogP contribution in [0.3, 0.4) is 0 Å². The highest BCUT2D eigenvalue weighted by Crippen LogP contribution is 2.42. The molecular formula is C18H32Cl2N4O3. The zero-order chi connectivity index (χ0) is 19.3. The van der Waals surface area contributed by atoms with Gasteiger partial charge >= 0.3 is 0 Å². The van der Waals surface area contributed by atoms with Crippen molar-refractivity contribution in [3.63, 3.8) is 0 Å². The summed E-state index contributed by atoms with van der Waals surface area (Å²) in [6.07, 6.45) is 2.35. The quantitative estimate of drug-likeness (QED) is 0.417. The second-order valence-corrected chi connectivity index (χ2v) is 10.00. The summed E-state index contributed by atoms with van der Waals surface area (Å²) < 4.78 is 6.27. The third kappa shape index (κ3) is 3.76. The number of alkyl halides is 2. The van der Waals surface area contributed by atoms with Crippen LogP contribution in [-0.2, 0) is 4.74 Å². The van der Waals surface area contributed by atoms with Gasteiger partial charge in [-0.2, -0.15) is 0 Å². The Kier molecular flexibility index (Phi) is 5.98. The third-order valence-electron chi connectivity index (χ3n) is 7.09. The first-order chi connectivity index (χ1) is 12.8. The lowest BCUT2D eigenvalue weighted by Crippen LogP contribution is -2.64. The second-order valence-electron chi connectivity index (χ2n) is 8.88. The highest BCUT2D eigenvalue weighted by atomic mass is 35.5. The molecule has 3 saturated heterocycles. The fourth-order valence-corrected chi connectivity index (χ4v) is 5.90. The van der Waals surface area contributed by atoms with Gasteiger partial charge in [-0.1, -0.05) is 0 Å². The van der Waals surface area contributed by atoms with Gasteiger partial charge in [0, 0.05) is 24.5 Å². The van der Waals surface area contributed by atoms with Crippen molar-refractivity contribution in [2.45, 2.75) is 86.2 Å².